The lowest BCUT2D eigenvalue weighted by Gasteiger charge is -2.36. The van der Waals surface area contributed by atoms with Gasteiger partial charge in [-0.3, -0.25) is 9.78 Å². The van der Waals surface area contributed by atoms with E-state index in [4.69, 9.17) is 4.42 Å². The van der Waals surface area contributed by atoms with Crippen LogP contribution in [0.1, 0.15) is 30.7 Å². The van der Waals surface area contributed by atoms with Crippen LogP contribution in [0.3, 0.4) is 0 Å². The Kier molecular flexibility index (Phi) is 7.32. The third-order valence-electron chi connectivity index (χ3n) is 6.29. The van der Waals surface area contributed by atoms with Gasteiger partial charge in [0.15, 0.2) is 0 Å². The smallest absolute Gasteiger partial charge is 0.223 e. The van der Waals surface area contributed by atoms with E-state index in [1.165, 1.54) is 6.07 Å². The number of benzene rings is 1. The zero-order valence-corrected chi connectivity index (χ0v) is 18.5. The first-order valence-corrected chi connectivity index (χ1v) is 11.3. The average molecular weight is 436 g/mol. The van der Waals surface area contributed by atoms with Crippen molar-refractivity contribution in [3.63, 3.8) is 0 Å². The number of amides is 1. The molecule has 6 heteroatoms. The zero-order chi connectivity index (χ0) is 22.3. The van der Waals surface area contributed by atoms with Gasteiger partial charge >= 0.3 is 0 Å². The van der Waals surface area contributed by atoms with E-state index < -0.39 is 0 Å². The predicted octanol–water partition coefficient (Wildman–Crippen LogP) is 4.58. The topological polar surface area (TPSA) is 49.6 Å². The summed E-state index contributed by atoms with van der Waals surface area (Å²) >= 11 is 0. The van der Waals surface area contributed by atoms with Gasteiger partial charge in [0.2, 0.25) is 5.91 Å². The Hall–Kier alpha value is -2.99. The van der Waals surface area contributed by atoms with Gasteiger partial charge in [0.05, 0.1) is 5.56 Å². The molecule has 5 nitrogen and oxygen atoms in total. The minimum atomic E-state index is -0.310. The minimum absolute atomic E-state index is 0.126. The SMILES string of the molecule is CN(C(=O)CCc1ccc(-c2ccccc2F)o1)C1CCN(CCc2ccccn2)CC1. The van der Waals surface area contributed by atoms with Crippen molar-refractivity contribution in [1.29, 1.82) is 0 Å². The van der Waals surface area contributed by atoms with Gasteiger partial charge in [-0.2, -0.15) is 0 Å². The number of hydrogen-bond donors (Lipinski definition) is 0. The second-order valence-corrected chi connectivity index (χ2v) is 8.39. The Balaban J connectivity index is 1.21. The standard InChI is InChI=1S/C26H30FN3O2/c1-29(21-14-18-30(19-15-21)17-13-20-6-4-5-16-28-20)26(31)12-10-22-9-11-25(32-22)23-7-2-3-8-24(23)27/h2-9,11,16,21H,10,12-15,17-19H2,1H3. The number of rotatable bonds is 8. The quantitative estimate of drug-likeness (QED) is 0.520. The lowest BCUT2D eigenvalue weighted by atomic mass is 10.0. The molecular formula is C26H30FN3O2. The van der Waals surface area contributed by atoms with Crippen LogP contribution in [0.15, 0.2) is 65.2 Å². The molecule has 0 unspecified atom stereocenters. The van der Waals surface area contributed by atoms with Crippen molar-refractivity contribution in [3.8, 4) is 11.3 Å². The number of aryl methyl sites for hydroxylation is 1. The second kappa shape index (κ2) is 10.6. The van der Waals surface area contributed by atoms with Crippen LogP contribution in [0.25, 0.3) is 11.3 Å². The molecule has 2 aromatic heterocycles. The molecule has 0 atom stereocenters. The molecule has 3 aromatic rings. The number of piperidine rings is 1. The molecule has 0 bridgehead atoms. The second-order valence-electron chi connectivity index (χ2n) is 8.39. The number of aromatic nitrogens is 1. The molecule has 1 fully saturated rings. The maximum atomic E-state index is 13.9. The number of pyridine rings is 1. The highest BCUT2D eigenvalue weighted by atomic mass is 19.1. The summed E-state index contributed by atoms with van der Waals surface area (Å²) in [5, 5.41) is 0. The Labute approximate surface area is 188 Å². The molecule has 1 saturated heterocycles. The van der Waals surface area contributed by atoms with E-state index in [1.54, 1.807) is 24.3 Å². The number of halogens is 1. The van der Waals surface area contributed by atoms with Crippen LogP contribution in [0.4, 0.5) is 4.39 Å². The Morgan fingerprint density at radius 2 is 1.88 bits per heavy atom. The van der Waals surface area contributed by atoms with Crippen molar-refractivity contribution in [2.45, 2.75) is 38.1 Å². The normalized spacial score (nSPS) is 15.1. The number of hydrogen-bond acceptors (Lipinski definition) is 4. The first-order valence-electron chi connectivity index (χ1n) is 11.3. The van der Waals surface area contributed by atoms with Crippen molar-refractivity contribution in [2.24, 2.45) is 0 Å². The summed E-state index contributed by atoms with van der Waals surface area (Å²) in [6.07, 6.45) is 5.68. The fraction of sp³-hybridized carbons (Fsp3) is 0.385. The van der Waals surface area contributed by atoms with E-state index in [2.05, 4.69) is 16.0 Å². The Morgan fingerprint density at radius 3 is 2.62 bits per heavy atom. The summed E-state index contributed by atoms with van der Waals surface area (Å²) in [7, 11) is 1.91. The molecule has 1 aliphatic rings. The molecule has 1 aromatic carbocycles. The molecule has 0 N–H and O–H groups in total. The summed E-state index contributed by atoms with van der Waals surface area (Å²) < 4.78 is 19.7. The molecule has 0 saturated carbocycles. The molecule has 1 amide bonds. The molecule has 1 aliphatic heterocycles. The average Bonchev–Trinajstić information content (AvgIpc) is 3.31. The van der Waals surface area contributed by atoms with E-state index in [9.17, 15) is 9.18 Å². The van der Waals surface area contributed by atoms with Crippen molar-refractivity contribution < 1.29 is 13.6 Å². The van der Waals surface area contributed by atoms with Gasteiger partial charge < -0.3 is 14.2 Å². The molecule has 32 heavy (non-hydrogen) atoms. The number of carbonyl (C=O) groups excluding carboxylic acids is 1. The van der Waals surface area contributed by atoms with E-state index in [1.807, 2.05) is 36.3 Å². The third kappa shape index (κ3) is 5.62. The zero-order valence-electron chi connectivity index (χ0n) is 18.5. The molecule has 4 rings (SSSR count). The molecule has 0 aliphatic carbocycles. The monoisotopic (exact) mass is 435 g/mol. The highest BCUT2D eigenvalue weighted by Crippen LogP contribution is 2.25. The van der Waals surface area contributed by atoms with Gasteiger partial charge in [-0.05, 0) is 49.2 Å². The molecular weight excluding hydrogens is 405 g/mol. The summed E-state index contributed by atoms with van der Waals surface area (Å²) in [4.78, 5) is 21.5. The van der Waals surface area contributed by atoms with Gasteiger partial charge in [-0.1, -0.05) is 18.2 Å². The number of nitrogens with zero attached hydrogens (tertiary/aromatic N) is 3. The van der Waals surface area contributed by atoms with Gasteiger partial charge in [0.25, 0.3) is 0 Å². The fourth-order valence-electron chi connectivity index (χ4n) is 4.28. The largest absolute Gasteiger partial charge is 0.461 e. The van der Waals surface area contributed by atoms with Crippen LogP contribution in [0, 0.1) is 5.82 Å². The summed E-state index contributed by atoms with van der Waals surface area (Å²) in [6.45, 7) is 3.00. The van der Waals surface area contributed by atoms with Gasteiger partial charge in [-0.25, -0.2) is 4.39 Å². The van der Waals surface area contributed by atoms with E-state index in [0.29, 0.717) is 29.9 Å². The molecule has 0 radical (unpaired) electrons. The van der Waals surface area contributed by atoms with Gasteiger partial charge in [0, 0.05) is 63.9 Å². The number of carbonyl (C=O) groups is 1. The molecule has 168 valence electrons. The van der Waals surface area contributed by atoms with Crippen LogP contribution in [-0.4, -0.2) is 53.4 Å². The lowest BCUT2D eigenvalue weighted by Crippen LogP contribution is -2.46. The van der Waals surface area contributed by atoms with E-state index >= 15 is 0 Å². The number of furan rings is 1. The Bertz CT molecular complexity index is 1010. The Morgan fingerprint density at radius 1 is 1.09 bits per heavy atom. The van der Waals surface area contributed by atoms with Crippen molar-refractivity contribution in [3.05, 3.63) is 78.1 Å². The highest BCUT2D eigenvalue weighted by molar-refractivity contribution is 5.76. The summed E-state index contributed by atoms with van der Waals surface area (Å²) in [5.74, 6) is 1.02. The number of likely N-dealkylation sites (tertiary alicyclic amines) is 1. The van der Waals surface area contributed by atoms with Crippen LogP contribution in [0.2, 0.25) is 0 Å². The first kappa shape index (κ1) is 22.2. The van der Waals surface area contributed by atoms with Crippen molar-refractivity contribution in [1.82, 2.24) is 14.8 Å². The van der Waals surface area contributed by atoms with Crippen LogP contribution in [-0.2, 0) is 17.6 Å². The van der Waals surface area contributed by atoms with Crippen LogP contribution >= 0.6 is 0 Å². The minimum Gasteiger partial charge on any atom is -0.461 e. The fourth-order valence-corrected chi connectivity index (χ4v) is 4.28. The summed E-state index contributed by atoms with van der Waals surface area (Å²) in [6, 6.07) is 16.5. The first-order chi connectivity index (χ1) is 15.6. The predicted molar refractivity (Wildman–Crippen MR) is 123 cm³/mol. The van der Waals surface area contributed by atoms with E-state index in [-0.39, 0.29) is 17.8 Å². The highest BCUT2D eigenvalue weighted by Gasteiger charge is 2.25. The summed E-state index contributed by atoms with van der Waals surface area (Å²) in [5.41, 5.74) is 1.56. The van der Waals surface area contributed by atoms with Crippen molar-refractivity contribution >= 4 is 5.91 Å². The van der Waals surface area contributed by atoms with Gasteiger partial charge in [0.1, 0.15) is 17.3 Å². The maximum Gasteiger partial charge on any atom is 0.223 e. The van der Waals surface area contributed by atoms with Gasteiger partial charge in [-0.15, -0.1) is 0 Å². The van der Waals surface area contributed by atoms with Crippen LogP contribution < -0.4 is 0 Å². The van der Waals surface area contributed by atoms with E-state index in [0.717, 1.165) is 44.6 Å². The molecule has 3 heterocycles. The lowest BCUT2D eigenvalue weighted by molar-refractivity contribution is -0.132. The van der Waals surface area contributed by atoms with Crippen LogP contribution in [0.5, 0.6) is 0 Å². The maximum absolute atomic E-state index is 13.9. The van der Waals surface area contributed by atoms with Crippen molar-refractivity contribution in [2.75, 3.05) is 26.7 Å². The third-order valence-corrected chi connectivity index (χ3v) is 6.29. The molecule has 0 spiro atoms.